The van der Waals surface area contributed by atoms with Crippen LogP contribution in [0.2, 0.25) is 0 Å². The number of thiocarbonyl (C=S) groups is 1. The molecule has 1 aliphatic rings. The van der Waals surface area contributed by atoms with Crippen LogP contribution in [0.25, 0.3) is 5.69 Å². The van der Waals surface area contributed by atoms with Gasteiger partial charge in [-0.25, -0.2) is 8.42 Å². The number of hydrogen-bond acceptors (Lipinski definition) is 6. The Kier molecular flexibility index (Phi) is 6.96. The summed E-state index contributed by atoms with van der Waals surface area (Å²) in [5.74, 6) is 1.17. The monoisotopic (exact) mass is 549 g/mol. The highest BCUT2D eigenvalue weighted by atomic mass is 32.2. The molecular formula is C27H27N5O4S2. The largest absolute Gasteiger partial charge is 0.497 e. The molecule has 1 saturated heterocycles. The van der Waals surface area contributed by atoms with Crippen molar-refractivity contribution in [3.8, 4) is 17.2 Å². The predicted molar refractivity (Wildman–Crippen MR) is 152 cm³/mol. The summed E-state index contributed by atoms with van der Waals surface area (Å²) in [4.78, 5) is 6.60. The van der Waals surface area contributed by atoms with Gasteiger partial charge >= 0.3 is 0 Å². The molecule has 0 spiro atoms. The normalized spacial score (nSPS) is 17.2. The SMILES string of the molecule is COc1ccc(-n2cccc2[C@H]2[C@H](c3ccccn3)NC(=S)N2c2ccc(OC)c(NS(C)(=O)=O)c2)cc1. The Morgan fingerprint density at radius 2 is 1.74 bits per heavy atom. The van der Waals surface area contributed by atoms with Gasteiger partial charge in [0.25, 0.3) is 0 Å². The summed E-state index contributed by atoms with van der Waals surface area (Å²) in [6, 6.07) is 22.3. The fourth-order valence-electron chi connectivity index (χ4n) is 4.67. The first-order valence-corrected chi connectivity index (χ1v) is 14.1. The number of anilines is 2. The van der Waals surface area contributed by atoms with Crippen molar-refractivity contribution in [1.82, 2.24) is 14.9 Å². The van der Waals surface area contributed by atoms with Crippen molar-refractivity contribution in [3.05, 3.63) is 96.6 Å². The Hall–Kier alpha value is -4.09. The van der Waals surface area contributed by atoms with E-state index in [0.29, 0.717) is 22.2 Å². The fourth-order valence-corrected chi connectivity index (χ4v) is 5.58. The van der Waals surface area contributed by atoms with E-state index in [9.17, 15) is 8.42 Å². The standard InChI is InChI=1S/C27H27N5O4S2/c1-35-20-12-9-18(10-13-20)31-16-6-8-23(31)26-25(21-7-4-5-15-28-21)29-27(37)32(26)19-11-14-24(36-2)22(17-19)30-38(3,33)34/h4-17,25-26,30H,1-3H3,(H,29,37)/t25-,26-/m0/s1. The highest BCUT2D eigenvalue weighted by molar-refractivity contribution is 7.92. The Balaban J connectivity index is 1.65. The number of aromatic nitrogens is 2. The maximum atomic E-state index is 12.1. The van der Waals surface area contributed by atoms with Crippen molar-refractivity contribution < 1.29 is 17.9 Å². The van der Waals surface area contributed by atoms with E-state index in [0.717, 1.165) is 29.1 Å². The molecule has 0 amide bonds. The highest BCUT2D eigenvalue weighted by Gasteiger charge is 2.42. The number of rotatable bonds is 8. The zero-order valence-corrected chi connectivity index (χ0v) is 22.7. The van der Waals surface area contributed by atoms with Crippen LogP contribution in [0.3, 0.4) is 0 Å². The topological polar surface area (TPSA) is 97.7 Å². The first-order valence-electron chi connectivity index (χ1n) is 11.8. The van der Waals surface area contributed by atoms with Crippen molar-refractivity contribution in [3.63, 3.8) is 0 Å². The molecule has 38 heavy (non-hydrogen) atoms. The van der Waals surface area contributed by atoms with E-state index in [2.05, 4.69) is 19.6 Å². The average Bonchev–Trinajstić information content (AvgIpc) is 3.52. The van der Waals surface area contributed by atoms with Gasteiger partial charge in [-0.2, -0.15) is 0 Å². The molecule has 11 heteroatoms. The number of nitrogens with one attached hydrogen (secondary N) is 2. The van der Waals surface area contributed by atoms with Gasteiger partial charge in [0.1, 0.15) is 17.5 Å². The van der Waals surface area contributed by atoms with Crippen molar-refractivity contribution in [2.75, 3.05) is 30.1 Å². The fraction of sp³-hybridized carbons (Fsp3) is 0.185. The molecule has 4 aromatic rings. The van der Waals surface area contributed by atoms with Crippen LogP contribution in [-0.2, 0) is 10.0 Å². The molecule has 0 bridgehead atoms. The molecule has 3 heterocycles. The molecule has 2 N–H and O–H groups in total. The lowest BCUT2D eigenvalue weighted by Crippen LogP contribution is -2.30. The lowest BCUT2D eigenvalue weighted by molar-refractivity contribution is 0.414. The molecule has 0 aliphatic carbocycles. The van der Waals surface area contributed by atoms with E-state index in [1.54, 1.807) is 25.4 Å². The van der Waals surface area contributed by atoms with E-state index in [-0.39, 0.29) is 12.1 Å². The zero-order chi connectivity index (χ0) is 26.9. The zero-order valence-electron chi connectivity index (χ0n) is 21.0. The van der Waals surface area contributed by atoms with Gasteiger partial charge in [-0.3, -0.25) is 9.71 Å². The number of nitrogens with zero attached hydrogens (tertiary/aromatic N) is 3. The molecule has 2 aromatic carbocycles. The average molecular weight is 550 g/mol. The van der Waals surface area contributed by atoms with Crippen LogP contribution in [0.4, 0.5) is 11.4 Å². The molecular weight excluding hydrogens is 522 g/mol. The molecule has 2 atom stereocenters. The summed E-state index contributed by atoms with van der Waals surface area (Å²) in [5, 5.41) is 3.93. The number of sulfonamides is 1. The summed E-state index contributed by atoms with van der Waals surface area (Å²) in [5.41, 5.74) is 3.76. The molecule has 0 saturated carbocycles. The van der Waals surface area contributed by atoms with Crippen LogP contribution >= 0.6 is 12.2 Å². The predicted octanol–water partition coefficient (Wildman–Crippen LogP) is 4.44. The summed E-state index contributed by atoms with van der Waals surface area (Å²) in [6.45, 7) is 0. The van der Waals surface area contributed by atoms with Gasteiger partial charge in [-0.15, -0.1) is 0 Å². The summed E-state index contributed by atoms with van der Waals surface area (Å²) in [7, 11) is -0.414. The van der Waals surface area contributed by atoms with E-state index in [1.807, 2.05) is 71.8 Å². The quantitative estimate of drug-likeness (QED) is 0.312. The summed E-state index contributed by atoms with van der Waals surface area (Å²) in [6.07, 6.45) is 4.85. The van der Waals surface area contributed by atoms with Crippen LogP contribution in [0.15, 0.2) is 85.2 Å². The lowest BCUT2D eigenvalue weighted by Gasteiger charge is -2.29. The van der Waals surface area contributed by atoms with Crippen LogP contribution in [0, 0.1) is 0 Å². The molecule has 2 aromatic heterocycles. The Bertz CT molecular complexity index is 1560. The number of pyridine rings is 1. The van der Waals surface area contributed by atoms with Gasteiger partial charge in [0, 0.05) is 29.5 Å². The van der Waals surface area contributed by atoms with Crippen LogP contribution in [-0.4, -0.2) is 43.6 Å². The highest BCUT2D eigenvalue weighted by Crippen LogP contribution is 2.44. The Morgan fingerprint density at radius 3 is 2.39 bits per heavy atom. The maximum absolute atomic E-state index is 12.1. The maximum Gasteiger partial charge on any atom is 0.229 e. The molecule has 1 fully saturated rings. The molecule has 0 radical (unpaired) electrons. The van der Waals surface area contributed by atoms with Crippen LogP contribution < -0.4 is 24.4 Å². The third-order valence-electron chi connectivity index (χ3n) is 6.29. The van der Waals surface area contributed by atoms with Gasteiger partial charge in [0.2, 0.25) is 10.0 Å². The Labute approximate surface area is 227 Å². The minimum Gasteiger partial charge on any atom is -0.497 e. The van der Waals surface area contributed by atoms with E-state index < -0.39 is 10.0 Å². The van der Waals surface area contributed by atoms with Crippen molar-refractivity contribution in [2.45, 2.75) is 12.1 Å². The van der Waals surface area contributed by atoms with Gasteiger partial charge in [0.15, 0.2) is 5.11 Å². The van der Waals surface area contributed by atoms with Crippen LogP contribution in [0.5, 0.6) is 11.5 Å². The van der Waals surface area contributed by atoms with E-state index >= 15 is 0 Å². The number of hydrogen-bond donors (Lipinski definition) is 2. The number of ether oxygens (including phenoxy) is 2. The lowest BCUT2D eigenvalue weighted by atomic mass is 10.0. The van der Waals surface area contributed by atoms with Crippen molar-refractivity contribution >= 4 is 38.7 Å². The van der Waals surface area contributed by atoms with Gasteiger partial charge in [-0.1, -0.05) is 6.07 Å². The van der Waals surface area contributed by atoms with Crippen LogP contribution in [0.1, 0.15) is 23.5 Å². The third-order valence-corrected chi connectivity index (χ3v) is 7.19. The minimum atomic E-state index is -3.54. The summed E-state index contributed by atoms with van der Waals surface area (Å²) >= 11 is 5.85. The Morgan fingerprint density at radius 1 is 0.974 bits per heavy atom. The van der Waals surface area contributed by atoms with Gasteiger partial charge in [-0.05, 0) is 78.9 Å². The second-order valence-corrected chi connectivity index (χ2v) is 10.9. The first-order chi connectivity index (χ1) is 18.3. The van der Waals surface area contributed by atoms with E-state index in [4.69, 9.17) is 21.7 Å². The third kappa shape index (κ3) is 5.02. The molecule has 1 aliphatic heterocycles. The molecule has 0 unspecified atom stereocenters. The number of benzene rings is 2. The second-order valence-electron chi connectivity index (χ2n) is 8.76. The van der Waals surface area contributed by atoms with E-state index in [1.165, 1.54) is 7.11 Å². The molecule has 5 rings (SSSR count). The minimum absolute atomic E-state index is 0.274. The van der Waals surface area contributed by atoms with Gasteiger partial charge in [0.05, 0.1) is 37.9 Å². The van der Waals surface area contributed by atoms with Gasteiger partial charge < -0.3 is 24.3 Å². The molecule has 9 nitrogen and oxygen atoms in total. The van der Waals surface area contributed by atoms with Crippen molar-refractivity contribution in [2.24, 2.45) is 0 Å². The number of methoxy groups -OCH3 is 2. The first kappa shape index (κ1) is 25.6. The second kappa shape index (κ2) is 10.3. The smallest absolute Gasteiger partial charge is 0.229 e. The molecule has 196 valence electrons. The van der Waals surface area contributed by atoms with Crippen molar-refractivity contribution in [1.29, 1.82) is 0 Å². The summed E-state index contributed by atoms with van der Waals surface area (Å²) < 4.78 is 39.5.